The molecule has 6 heteroatoms. The van der Waals surface area contributed by atoms with E-state index in [1.54, 1.807) is 6.07 Å². The van der Waals surface area contributed by atoms with Gasteiger partial charge < -0.3 is 15.8 Å². The Bertz CT molecular complexity index is 999. The van der Waals surface area contributed by atoms with Crippen molar-refractivity contribution in [2.75, 3.05) is 11.9 Å². The molecule has 0 heterocycles. The highest BCUT2D eigenvalue weighted by atomic mass is 16.5. The molecule has 0 bridgehead atoms. The second kappa shape index (κ2) is 8.64. The summed E-state index contributed by atoms with van der Waals surface area (Å²) in [7, 11) is 0. The smallest absolute Gasteiger partial charge is 0.338 e. The van der Waals surface area contributed by atoms with Crippen molar-refractivity contribution in [3.8, 4) is 11.1 Å². The van der Waals surface area contributed by atoms with Crippen LogP contribution in [-0.2, 0) is 9.53 Å². The molecular formula is C22H18N2O4. The van der Waals surface area contributed by atoms with E-state index in [0.717, 1.165) is 11.1 Å². The summed E-state index contributed by atoms with van der Waals surface area (Å²) in [5, 5.41) is 2.76. The number of nitrogens with two attached hydrogens (primary N) is 1. The van der Waals surface area contributed by atoms with Gasteiger partial charge in [0.1, 0.15) is 0 Å². The minimum atomic E-state index is -0.664. The predicted molar refractivity (Wildman–Crippen MR) is 106 cm³/mol. The zero-order valence-electron chi connectivity index (χ0n) is 14.9. The second-order valence-electron chi connectivity index (χ2n) is 5.98. The van der Waals surface area contributed by atoms with Crippen LogP contribution in [-0.4, -0.2) is 24.4 Å². The lowest BCUT2D eigenvalue weighted by Gasteiger charge is -2.11. The van der Waals surface area contributed by atoms with E-state index in [1.165, 1.54) is 24.3 Å². The Morgan fingerprint density at radius 2 is 1.39 bits per heavy atom. The number of anilines is 1. The lowest BCUT2D eigenvalue weighted by atomic mass is 10.0. The summed E-state index contributed by atoms with van der Waals surface area (Å²) in [5.74, 6) is -1.70. The van der Waals surface area contributed by atoms with E-state index >= 15 is 0 Å². The van der Waals surface area contributed by atoms with Crippen molar-refractivity contribution >= 4 is 23.5 Å². The van der Waals surface area contributed by atoms with Gasteiger partial charge in [-0.15, -0.1) is 0 Å². The molecule has 0 aliphatic heterocycles. The molecule has 2 amide bonds. The number of esters is 1. The summed E-state index contributed by atoms with van der Waals surface area (Å²) in [6.45, 7) is -0.431. The summed E-state index contributed by atoms with van der Waals surface area (Å²) in [4.78, 5) is 35.3. The van der Waals surface area contributed by atoms with Gasteiger partial charge in [-0.25, -0.2) is 4.79 Å². The average molecular weight is 374 g/mol. The van der Waals surface area contributed by atoms with Gasteiger partial charge in [0, 0.05) is 16.8 Å². The number of hydrogen-bond acceptors (Lipinski definition) is 4. The van der Waals surface area contributed by atoms with Crippen LogP contribution < -0.4 is 11.1 Å². The number of carbonyl (C=O) groups excluding carboxylic acids is 3. The lowest BCUT2D eigenvalue weighted by Crippen LogP contribution is -2.21. The molecule has 28 heavy (non-hydrogen) atoms. The van der Waals surface area contributed by atoms with Crippen LogP contribution in [0.2, 0.25) is 0 Å². The molecule has 6 nitrogen and oxygen atoms in total. The third-order valence-corrected chi connectivity index (χ3v) is 4.03. The number of amides is 2. The van der Waals surface area contributed by atoms with Gasteiger partial charge in [-0.2, -0.15) is 0 Å². The summed E-state index contributed by atoms with van der Waals surface area (Å²) in [5.41, 5.74) is 8.12. The first-order valence-corrected chi connectivity index (χ1v) is 8.56. The van der Waals surface area contributed by atoms with Gasteiger partial charge in [-0.05, 0) is 35.9 Å². The van der Waals surface area contributed by atoms with E-state index in [2.05, 4.69) is 5.32 Å². The zero-order valence-corrected chi connectivity index (χ0v) is 14.9. The Balaban J connectivity index is 1.62. The van der Waals surface area contributed by atoms with E-state index in [4.69, 9.17) is 10.5 Å². The minimum absolute atomic E-state index is 0.225. The van der Waals surface area contributed by atoms with E-state index < -0.39 is 24.4 Å². The molecule has 0 saturated carbocycles. The molecule has 0 spiro atoms. The largest absolute Gasteiger partial charge is 0.452 e. The first-order chi connectivity index (χ1) is 13.5. The van der Waals surface area contributed by atoms with Crippen molar-refractivity contribution in [2.45, 2.75) is 0 Å². The first kappa shape index (κ1) is 18.8. The molecule has 0 radical (unpaired) electrons. The topological polar surface area (TPSA) is 98.5 Å². The van der Waals surface area contributed by atoms with Crippen LogP contribution >= 0.6 is 0 Å². The standard InChI is InChI=1S/C22H18N2O4/c23-21(26)16-10-12-17(13-11-16)22(27)28-14-20(25)24-19-9-5-4-8-18(19)15-6-2-1-3-7-15/h1-13H,14H2,(H2,23,26)(H,24,25). The van der Waals surface area contributed by atoms with Gasteiger partial charge in [0.2, 0.25) is 5.91 Å². The Kier molecular flexibility index (Phi) is 5.81. The van der Waals surface area contributed by atoms with Crippen LogP contribution in [0.3, 0.4) is 0 Å². The molecule has 0 aliphatic carbocycles. The Morgan fingerprint density at radius 1 is 0.786 bits per heavy atom. The van der Waals surface area contributed by atoms with Crippen LogP contribution in [0.5, 0.6) is 0 Å². The number of nitrogens with one attached hydrogen (secondary N) is 1. The highest BCUT2D eigenvalue weighted by Crippen LogP contribution is 2.27. The fourth-order valence-electron chi connectivity index (χ4n) is 2.63. The fourth-order valence-corrected chi connectivity index (χ4v) is 2.63. The summed E-state index contributed by atoms with van der Waals surface area (Å²) in [6.07, 6.45) is 0. The van der Waals surface area contributed by atoms with Gasteiger partial charge in [0.05, 0.1) is 5.56 Å². The van der Waals surface area contributed by atoms with Gasteiger partial charge in [0.25, 0.3) is 5.91 Å². The SMILES string of the molecule is NC(=O)c1ccc(C(=O)OCC(=O)Nc2ccccc2-c2ccccc2)cc1. The maximum absolute atomic E-state index is 12.2. The maximum atomic E-state index is 12.2. The quantitative estimate of drug-likeness (QED) is 0.647. The van der Waals surface area contributed by atoms with Crippen LogP contribution in [0.25, 0.3) is 11.1 Å². The van der Waals surface area contributed by atoms with E-state index in [1.807, 2.05) is 48.5 Å². The Morgan fingerprint density at radius 3 is 2.07 bits per heavy atom. The van der Waals surface area contributed by atoms with Crippen LogP contribution in [0, 0.1) is 0 Å². The highest BCUT2D eigenvalue weighted by Gasteiger charge is 2.13. The van der Waals surface area contributed by atoms with Gasteiger partial charge in [-0.1, -0.05) is 48.5 Å². The molecule has 0 aliphatic rings. The molecule has 0 saturated heterocycles. The van der Waals surface area contributed by atoms with Crippen molar-refractivity contribution in [1.29, 1.82) is 0 Å². The molecular weight excluding hydrogens is 356 g/mol. The lowest BCUT2D eigenvalue weighted by molar-refractivity contribution is -0.119. The number of primary amides is 1. The van der Waals surface area contributed by atoms with Crippen molar-refractivity contribution in [2.24, 2.45) is 5.73 Å². The zero-order chi connectivity index (χ0) is 19.9. The van der Waals surface area contributed by atoms with Crippen LogP contribution in [0.15, 0.2) is 78.9 Å². The minimum Gasteiger partial charge on any atom is -0.452 e. The number of rotatable bonds is 6. The summed E-state index contributed by atoms with van der Waals surface area (Å²) >= 11 is 0. The third-order valence-electron chi connectivity index (χ3n) is 4.03. The molecule has 3 rings (SSSR count). The first-order valence-electron chi connectivity index (χ1n) is 8.56. The molecule has 0 atom stereocenters. The molecule has 0 fully saturated rings. The average Bonchev–Trinajstić information content (AvgIpc) is 2.73. The molecule has 3 N–H and O–H groups in total. The van der Waals surface area contributed by atoms with Crippen molar-refractivity contribution < 1.29 is 19.1 Å². The number of carbonyl (C=O) groups is 3. The van der Waals surface area contributed by atoms with Crippen molar-refractivity contribution in [3.05, 3.63) is 90.0 Å². The number of ether oxygens (including phenoxy) is 1. The molecule has 3 aromatic rings. The number of benzene rings is 3. The van der Waals surface area contributed by atoms with Crippen molar-refractivity contribution in [3.63, 3.8) is 0 Å². The van der Waals surface area contributed by atoms with E-state index in [-0.39, 0.29) is 11.1 Å². The summed E-state index contributed by atoms with van der Waals surface area (Å²) < 4.78 is 5.04. The van der Waals surface area contributed by atoms with Gasteiger partial charge in [0.15, 0.2) is 6.61 Å². The molecule has 3 aromatic carbocycles. The summed E-state index contributed by atoms with van der Waals surface area (Å²) in [6, 6.07) is 22.7. The predicted octanol–water partition coefficient (Wildman–Crippen LogP) is 3.25. The number of para-hydroxylation sites is 1. The van der Waals surface area contributed by atoms with E-state index in [9.17, 15) is 14.4 Å². The third kappa shape index (κ3) is 4.62. The Hall–Kier alpha value is -3.93. The second-order valence-corrected chi connectivity index (χ2v) is 5.98. The van der Waals surface area contributed by atoms with Crippen LogP contribution in [0.1, 0.15) is 20.7 Å². The van der Waals surface area contributed by atoms with Gasteiger partial charge >= 0.3 is 5.97 Å². The maximum Gasteiger partial charge on any atom is 0.338 e. The van der Waals surface area contributed by atoms with E-state index in [0.29, 0.717) is 5.69 Å². The highest BCUT2D eigenvalue weighted by molar-refractivity contribution is 5.99. The monoisotopic (exact) mass is 374 g/mol. The number of hydrogen-bond donors (Lipinski definition) is 2. The molecule has 0 aromatic heterocycles. The normalized spacial score (nSPS) is 10.1. The van der Waals surface area contributed by atoms with Gasteiger partial charge in [-0.3, -0.25) is 9.59 Å². The van der Waals surface area contributed by atoms with Crippen LogP contribution in [0.4, 0.5) is 5.69 Å². The Labute approximate surface area is 161 Å². The molecule has 0 unspecified atom stereocenters. The molecule has 140 valence electrons. The fraction of sp³-hybridized carbons (Fsp3) is 0.0455. The van der Waals surface area contributed by atoms with Crippen molar-refractivity contribution in [1.82, 2.24) is 0 Å².